The molecule has 0 aliphatic carbocycles. The summed E-state index contributed by atoms with van der Waals surface area (Å²) in [5.41, 5.74) is 5.62. The van der Waals surface area contributed by atoms with Crippen LogP contribution in [0.4, 0.5) is 4.79 Å². The minimum absolute atomic E-state index is 0.211. The molecule has 0 heterocycles. The summed E-state index contributed by atoms with van der Waals surface area (Å²) in [6.07, 6.45) is 7.96. The summed E-state index contributed by atoms with van der Waals surface area (Å²) in [6.45, 7) is 6.91. The van der Waals surface area contributed by atoms with Gasteiger partial charge in [-0.05, 0) is 19.8 Å². The molecule has 0 rings (SSSR count). The highest BCUT2D eigenvalue weighted by Crippen LogP contribution is 1.98. The van der Waals surface area contributed by atoms with E-state index >= 15 is 0 Å². The molecule has 0 aromatic heterocycles. The lowest BCUT2D eigenvalue weighted by atomic mass is 10.2. The van der Waals surface area contributed by atoms with Crippen molar-refractivity contribution in [2.45, 2.75) is 78.2 Å². The van der Waals surface area contributed by atoms with E-state index in [-0.39, 0.29) is 12.0 Å². The molecule has 8 nitrogen and oxygen atoms in total. The van der Waals surface area contributed by atoms with E-state index < -0.39 is 12.1 Å². The molecule has 0 fully saturated rings. The number of carbonyl (C=O) groups excluding carboxylic acids is 1. The van der Waals surface area contributed by atoms with Gasteiger partial charge in [0, 0.05) is 13.1 Å². The number of nitrogens with zero attached hydrogens (tertiary/aromatic N) is 1. The van der Waals surface area contributed by atoms with Crippen LogP contribution >= 0.6 is 0 Å². The first-order valence-corrected chi connectivity index (χ1v) is 9.10. The van der Waals surface area contributed by atoms with Crippen LogP contribution in [0.2, 0.25) is 0 Å². The van der Waals surface area contributed by atoms with Crippen LogP contribution in [0.15, 0.2) is 4.99 Å². The Bertz CT molecular complexity index is 374. The van der Waals surface area contributed by atoms with Crippen molar-refractivity contribution in [1.82, 2.24) is 10.6 Å². The Morgan fingerprint density at radius 3 is 2.04 bits per heavy atom. The smallest absolute Gasteiger partial charge is 0.332 e. The molecule has 25 heavy (non-hydrogen) atoms. The van der Waals surface area contributed by atoms with Gasteiger partial charge in [0.25, 0.3) is 0 Å². The Morgan fingerprint density at radius 1 is 1.04 bits per heavy atom. The molecule has 0 aliphatic rings. The summed E-state index contributed by atoms with van der Waals surface area (Å²) >= 11 is 0. The van der Waals surface area contributed by atoms with Crippen molar-refractivity contribution in [2.75, 3.05) is 13.1 Å². The summed E-state index contributed by atoms with van der Waals surface area (Å²) in [7, 11) is 0. The lowest BCUT2D eigenvalue weighted by Crippen LogP contribution is -2.43. The van der Waals surface area contributed by atoms with Crippen LogP contribution in [-0.2, 0) is 4.79 Å². The number of aliphatic hydroxyl groups is 1. The number of hydrogen-bond donors (Lipinski definition) is 5. The van der Waals surface area contributed by atoms with Gasteiger partial charge in [0.15, 0.2) is 5.96 Å². The summed E-state index contributed by atoms with van der Waals surface area (Å²) in [4.78, 5) is 25.0. The van der Waals surface area contributed by atoms with Gasteiger partial charge < -0.3 is 21.3 Å². The number of rotatable bonds is 11. The second kappa shape index (κ2) is 18.5. The van der Waals surface area contributed by atoms with E-state index in [1.54, 1.807) is 0 Å². The van der Waals surface area contributed by atoms with E-state index in [9.17, 15) is 9.59 Å². The molecule has 0 bridgehead atoms. The molecular formula is C17H36N4O4. The summed E-state index contributed by atoms with van der Waals surface area (Å²) < 4.78 is 0. The maximum absolute atomic E-state index is 11.4. The number of carboxylic acid groups (broad SMARTS) is 1. The van der Waals surface area contributed by atoms with Gasteiger partial charge in [-0.1, -0.05) is 52.4 Å². The Labute approximate surface area is 151 Å². The number of nitrogens with one attached hydrogen (secondary N) is 2. The summed E-state index contributed by atoms with van der Waals surface area (Å²) in [5.74, 6) is -0.974. The first kappa shape index (κ1) is 25.4. The van der Waals surface area contributed by atoms with Crippen molar-refractivity contribution in [2.24, 2.45) is 10.7 Å². The zero-order chi connectivity index (χ0) is 19.5. The number of aliphatic carboxylic acids is 1. The number of amides is 2. The van der Waals surface area contributed by atoms with Crippen LogP contribution in [0.5, 0.6) is 0 Å². The Kier molecular flexibility index (Phi) is 18.8. The third-order valence-electron chi connectivity index (χ3n) is 3.21. The van der Waals surface area contributed by atoms with Crippen molar-refractivity contribution in [3.8, 4) is 0 Å². The molecule has 8 heteroatoms. The van der Waals surface area contributed by atoms with E-state index in [0.29, 0.717) is 13.1 Å². The number of urea groups is 1. The zero-order valence-corrected chi connectivity index (χ0v) is 15.9. The van der Waals surface area contributed by atoms with E-state index in [0.717, 1.165) is 25.7 Å². The number of carbonyl (C=O) groups is 2. The fourth-order valence-electron chi connectivity index (χ4n) is 1.69. The van der Waals surface area contributed by atoms with E-state index in [4.69, 9.17) is 15.9 Å². The lowest BCUT2D eigenvalue weighted by Gasteiger charge is -2.06. The normalized spacial score (nSPS) is 11.9. The average molecular weight is 360 g/mol. The standard InChI is InChI=1S/C14H30N4O.C3H6O3/c1-3-5-7-9-11-16-13(15)18-14(19)17-12-10-8-6-4-2;1-2(4)3(5)6/h3-12H2,1-2H3,(H4,15,16,17,18,19);2,4H,1H3,(H,5,6). The molecule has 0 aliphatic heterocycles. The maximum atomic E-state index is 11.4. The fourth-order valence-corrected chi connectivity index (χ4v) is 1.69. The van der Waals surface area contributed by atoms with Gasteiger partial charge in [-0.2, -0.15) is 0 Å². The van der Waals surface area contributed by atoms with Gasteiger partial charge in [0.2, 0.25) is 0 Å². The van der Waals surface area contributed by atoms with Crippen LogP contribution in [0.25, 0.3) is 0 Å². The van der Waals surface area contributed by atoms with Crippen molar-refractivity contribution in [1.29, 1.82) is 0 Å². The van der Waals surface area contributed by atoms with Crippen LogP contribution in [-0.4, -0.2) is 47.4 Å². The molecule has 1 unspecified atom stereocenters. The van der Waals surface area contributed by atoms with E-state index in [1.807, 2.05) is 0 Å². The van der Waals surface area contributed by atoms with Crippen molar-refractivity contribution in [3.05, 3.63) is 0 Å². The topological polar surface area (TPSA) is 137 Å². The third kappa shape index (κ3) is 22.2. The molecule has 0 aromatic rings. The highest BCUT2D eigenvalue weighted by atomic mass is 16.4. The van der Waals surface area contributed by atoms with Gasteiger partial charge in [-0.25, -0.2) is 9.59 Å². The molecule has 0 aromatic carbocycles. The van der Waals surface area contributed by atoms with Crippen molar-refractivity contribution in [3.63, 3.8) is 0 Å². The van der Waals surface area contributed by atoms with Gasteiger partial charge in [0.05, 0.1) is 0 Å². The van der Waals surface area contributed by atoms with Gasteiger partial charge in [-0.3, -0.25) is 10.3 Å². The van der Waals surface area contributed by atoms with Crippen LogP contribution in [0.1, 0.15) is 72.1 Å². The monoisotopic (exact) mass is 360 g/mol. The molecule has 0 radical (unpaired) electrons. The minimum Gasteiger partial charge on any atom is -0.479 e. The predicted octanol–water partition coefficient (Wildman–Crippen LogP) is 2.21. The Hall–Kier alpha value is -1.83. The number of nitrogens with two attached hydrogens (primary N) is 1. The molecule has 148 valence electrons. The number of aliphatic hydroxyl groups excluding tert-OH is 1. The molecule has 2 amide bonds. The maximum Gasteiger partial charge on any atom is 0.332 e. The largest absolute Gasteiger partial charge is 0.479 e. The summed E-state index contributed by atoms with van der Waals surface area (Å²) in [5, 5.41) is 21.1. The third-order valence-corrected chi connectivity index (χ3v) is 3.21. The van der Waals surface area contributed by atoms with Crippen molar-refractivity contribution < 1.29 is 19.8 Å². The lowest BCUT2D eigenvalue weighted by molar-refractivity contribution is -0.145. The molecule has 0 saturated heterocycles. The highest BCUT2D eigenvalue weighted by molar-refractivity contribution is 5.95. The SMILES string of the molecule is CC(O)C(=O)O.CCCCCCN=C(N)NC(=O)NCCCCCC. The van der Waals surface area contributed by atoms with E-state index in [1.165, 1.54) is 32.6 Å². The summed E-state index contributed by atoms with van der Waals surface area (Å²) in [6, 6.07) is -0.258. The van der Waals surface area contributed by atoms with Gasteiger partial charge >= 0.3 is 12.0 Å². The first-order valence-electron chi connectivity index (χ1n) is 9.10. The molecule has 1 atom stereocenters. The van der Waals surface area contributed by atoms with Crippen LogP contribution in [0.3, 0.4) is 0 Å². The zero-order valence-electron chi connectivity index (χ0n) is 15.9. The van der Waals surface area contributed by atoms with Crippen LogP contribution < -0.4 is 16.4 Å². The fraction of sp³-hybridized carbons (Fsp3) is 0.824. The average Bonchev–Trinajstić information content (AvgIpc) is 2.55. The predicted molar refractivity (Wildman–Crippen MR) is 101 cm³/mol. The highest BCUT2D eigenvalue weighted by Gasteiger charge is 2.02. The number of guanidine groups is 1. The number of carboxylic acids is 1. The second-order valence-corrected chi connectivity index (χ2v) is 5.78. The van der Waals surface area contributed by atoms with E-state index in [2.05, 4.69) is 29.5 Å². The van der Waals surface area contributed by atoms with Crippen LogP contribution in [0, 0.1) is 0 Å². The number of hydrogen-bond acceptors (Lipinski definition) is 4. The first-order chi connectivity index (χ1) is 11.8. The number of aliphatic imine (C=N–C) groups is 1. The molecule has 6 N–H and O–H groups in total. The molecule has 0 spiro atoms. The van der Waals surface area contributed by atoms with Crippen molar-refractivity contribution >= 4 is 18.0 Å². The van der Waals surface area contributed by atoms with Gasteiger partial charge in [-0.15, -0.1) is 0 Å². The molecule has 0 saturated carbocycles. The minimum atomic E-state index is -1.23. The Morgan fingerprint density at radius 2 is 1.56 bits per heavy atom. The van der Waals surface area contributed by atoms with Gasteiger partial charge in [0.1, 0.15) is 6.10 Å². The number of unbranched alkanes of at least 4 members (excludes halogenated alkanes) is 6. The quantitative estimate of drug-likeness (QED) is 0.218. The Balaban J connectivity index is 0. The molecular weight excluding hydrogens is 324 g/mol. The second-order valence-electron chi connectivity index (χ2n) is 5.78.